The number of hydrogen-bond donors (Lipinski definition) is 0. The Balaban J connectivity index is 1.61. The summed E-state index contributed by atoms with van der Waals surface area (Å²) in [4.78, 5) is 5.63. The predicted octanol–water partition coefficient (Wildman–Crippen LogP) is 2.86. The predicted molar refractivity (Wildman–Crippen MR) is 74.3 cm³/mol. The zero-order valence-corrected chi connectivity index (χ0v) is 11.6. The molecule has 0 unspecified atom stereocenters. The van der Waals surface area contributed by atoms with Gasteiger partial charge >= 0.3 is 0 Å². The van der Waals surface area contributed by atoms with E-state index in [0.29, 0.717) is 0 Å². The molecule has 0 spiro atoms. The highest BCUT2D eigenvalue weighted by Crippen LogP contribution is 2.43. The summed E-state index contributed by atoms with van der Waals surface area (Å²) in [7, 11) is 0. The van der Waals surface area contributed by atoms with Crippen molar-refractivity contribution in [3.05, 3.63) is 11.8 Å². The van der Waals surface area contributed by atoms with Gasteiger partial charge in [0.15, 0.2) is 0 Å². The second-order valence-corrected chi connectivity index (χ2v) is 6.96. The summed E-state index contributed by atoms with van der Waals surface area (Å²) in [5, 5.41) is 0. The molecule has 0 aromatic rings. The lowest BCUT2D eigenvalue weighted by atomic mass is 9.71. The Morgan fingerprint density at radius 1 is 1.06 bits per heavy atom. The summed E-state index contributed by atoms with van der Waals surface area (Å²) >= 11 is 0. The molecule has 0 saturated carbocycles. The minimum absolute atomic E-state index is 0.870. The number of nitrogens with zero attached hydrogens (tertiary/aromatic N) is 2. The van der Waals surface area contributed by atoms with E-state index in [9.17, 15) is 0 Å². The monoisotopic (exact) mass is 246 g/mol. The van der Waals surface area contributed by atoms with Gasteiger partial charge in [0, 0.05) is 30.9 Å². The summed E-state index contributed by atoms with van der Waals surface area (Å²) in [6.07, 6.45) is 11.1. The summed E-state index contributed by atoms with van der Waals surface area (Å²) in [6.45, 7) is 6.48. The van der Waals surface area contributed by atoms with Gasteiger partial charge < -0.3 is 4.90 Å². The number of fused-ring (bicyclic) bond motifs is 6. The Bertz CT molecular complexity index is 362. The van der Waals surface area contributed by atoms with Crippen LogP contribution in [0.25, 0.3) is 0 Å². The first kappa shape index (κ1) is 11.3. The minimum Gasteiger partial charge on any atom is -0.372 e. The van der Waals surface area contributed by atoms with E-state index in [2.05, 4.69) is 22.8 Å². The van der Waals surface area contributed by atoms with E-state index in [4.69, 9.17) is 0 Å². The Labute approximate surface area is 111 Å². The third kappa shape index (κ3) is 1.65. The van der Waals surface area contributed by atoms with Crippen LogP contribution in [0.2, 0.25) is 0 Å². The molecule has 3 fully saturated rings. The molecule has 2 heteroatoms. The Kier molecular flexibility index (Phi) is 2.68. The van der Waals surface area contributed by atoms with Crippen LogP contribution in [0.3, 0.4) is 0 Å². The van der Waals surface area contributed by atoms with Crippen LogP contribution >= 0.6 is 0 Å². The minimum atomic E-state index is 0.870. The van der Waals surface area contributed by atoms with E-state index < -0.39 is 0 Å². The molecule has 100 valence electrons. The van der Waals surface area contributed by atoms with E-state index in [1.165, 1.54) is 58.2 Å². The molecule has 0 radical (unpaired) electrons. The van der Waals surface area contributed by atoms with Gasteiger partial charge in [-0.15, -0.1) is 0 Å². The zero-order valence-electron chi connectivity index (χ0n) is 11.6. The van der Waals surface area contributed by atoms with Crippen LogP contribution in [0.5, 0.6) is 0 Å². The van der Waals surface area contributed by atoms with Gasteiger partial charge in [-0.25, -0.2) is 0 Å². The Morgan fingerprint density at radius 3 is 2.89 bits per heavy atom. The van der Waals surface area contributed by atoms with Crippen molar-refractivity contribution in [2.45, 2.75) is 57.5 Å². The maximum absolute atomic E-state index is 2.85. The molecule has 4 aliphatic heterocycles. The highest BCUT2D eigenvalue weighted by atomic mass is 15.3. The average Bonchev–Trinajstić information content (AvgIpc) is 2.40. The van der Waals surface area contributed by atoms with Crippen molar-refractivity contribution in [2.24, 2.45) is 11.8 Å². The molecule has 0 amide bonds. The quantitative estimate of drug-likeness (QED) is 0.648. The van der Waals surface area contributed by atoms with Gasteiger partial charge in [-0.3, -0.25) is 4.90 Å². The van der Waals surface area contributed by atoms with Crippen molar-refractivity contribution in [3.8, 4) is 0 Å². The molecule has 0 N–H and O–H groups in total. The van der Waals surface area contributed by atoms with E-state index >= 15 is 0 Å². The number of allylic oxidation sites excluding steroid dienone is 2. The third-order valence-corrected chi connectivity index (χ3v) is 6.01. The number of rotatable bonds is 0. The molecule has 0 aliphatic carbocycles. The summed E-state index contributed by atoms with van der Waals surface area (Å²) in [5.74, 6) is 1.92. The third-order valence-electron chi connectivity index (χ3n) is 6.01. The van der Waals surface area contributed by atoms with Crippen molar-refractivity contribution in [3.63, 3.8) is 0 Å². The molecule has 4 rings (SSSR count). The lowest BCUT2D eigenvalue weighted by Crippen LogP contribution is -2.62. The van der Waals surface area contributed by atoms with E-state index in [1.54, 1.807) is 5.70 Å². The smallest absolute Gasteiger partial charge is 0.0330 e. The van der Waals surface area contributed by atoms with Gasteiger partial charge in [0.05, 0.1) is 0 Å². The van der Waals surface area contributed by atoms with Crippen LogP contribution in [0, 0.1) is 11.8 Å². The van der Waals surface area contributed by atoms with Crippen LogP contribution in [-0.2, 0) is 0 Å². The molecule has 2 bridgehead atoms. The molecular weight excluding hydrogens is 220 g/mol. The van der Waals surface area contributed by atoms with Crippen LogP contribution < -0.4 is 0 Å². The molecule has 4 atom stereocenters. The van der Waals surface area contributed by atoms with Crippen molar-refractivity contribution in [1.82, 2.24) is 9.80 Å². The molecule has 4 aliphatic rings. The van der Waals surface area contributed by atoms with Gasteiger partial charge in [0.1, 0.15) is 0 Å². The molecule has 4 heterocycles. The fraction of sp³-hybridized carbons (Fsp3) is 0.875. The van der Waals surface area contributed by atoms with Crippen LogP contribution in [0.15, 0.2) is 11.8 Å². The normalized spacial score (nSPS) is 44.1. The molecular formula is C16H26N2. The lowest BCUT2D eigenvalue weighted by Gasteiger charge is -2.57. The van der Waals surface area contributed by atoms with Crippen LogP contribution in [-0.4, -0.2) is 41.5 Å². The summed E-state index contributed by atoms with van der Waals surface area (Å²) < 4.78 is 0. The Morgan fingerprint density at radius 2 is 1.94 bits per heavy atom. The lowest BCUT2D eigenvalue weighted by molar-refractivity contribution is -0.0540. The maximum atomic E-state index is 2.85. The second-order valence-electron chi connectivity index (χ2n) is 6.96. The topological polar surface area (TPSA) is 6.48 Å². The molecule has 0 aromatic heterocycles. The molecule has 18 heavy (non-hydrogen) atoms. The van der Waals surface area contributed by atoms with Crippen LogP contribution in [0.1, 0.15) is 45.4 Å². The van der Waals surface area contributed by atoms with Crippen molar-refractivity contribution >= 4 is 0 Å². The first-order chi connectivity index (χ1) is 8.83. The number of piperidine rings is 3. The van der Waals surface area contributed by atoms with Crippen molar-refractivity contribution in [1.29, 1.82) is 0 Å². The average molecular weight is 246 g/mol. The highest BCUT2D eigenvalue weighted by Gasteiger charge is 2.46. The first-order valence-electron chi connectivity index (χ1n) is 8.00. The maximum Gasteiger partial charge on any atom is 0.0330 e. The number of hydrogen-bond acceptors (Lipinski definition) is 2. The fourth-order valence-electron chi connectivity index (χ4n) is 5.19. The van der Waals surface area contributed by atoms with E-state index in [0.717, 1.165) is 23.9 Å². The summed E-state index contributed by atoms with van der Waals surface area (Å²) in [5.41, 5.74) is 1.57. The van der Waals surface area contributed by atoms with Gasteiger partial charge in [-0.05, 0) is 57.4 Å². The second kappa shape index (κ2) is 4.26. The molecule has 2 nitrogen and oxygen atoms in total. The standard InChI is InChI=1S/C16H26N2/c1-12-5-4-7-16-13-9-14(11-18(12)16)15-6-2-3-8-17(15)10-13/h5,13-16H,2-4,6-11H2,1H3/t13-,14-,15-,16+/m0/s1. The van der Waals surface area contributed by atoms with Gasteiger partial charge in [-0.2, -0.15) is 0 Å². The zero-order chi connectivity index (χ0) is 12.1. The SMILES string of the molecule is CC1=CCC[C@@H]2[C@H]3C[C@@H](CN12)[C@@H]1CCCCN1C3. The van der Waals surface area contributed by atoms with Gasteiger partial charge in [0.2, 0.25) is 0 Å². The van der Waals surface area contributed by atoms with Gasteiger partial charge in [0.25, 0.3) is 0 Å². The van der Waals surface area contributed by atoms with Crippen LogP contribution in [0.4, 0.5) is 0 Å². The fourth-order valence-corrected chi connectivity index (χ4v) is 5.19. The highest BCUT2D eigenvalue weighted by molar-refractivity contribution is 5.11. The Hall–Kier alpha value is -0.500. The first-order valence-corrected chi connectivity index (χ1v) is 8.00. The van der Waals surface area contributed by atoms with Crippen molar-refractivity contribution < 1.29 is 0 Å². The van der Waals surface area contributed by atoms with Gasteiger partial charge in [-0.1, -0.05) is 12.5 Å². The largest absolute Gasteiger partial charge is 0.372 e. The molecule has 3 saturated heterocycles. The summed E-state index contributed by atoms with van der Waals surface area (Å²) in [6, 6.07) is 1.79. The van der Waals surface area contributed by atoms with Crippen molar-refractivity contribution in [2.75, 3.05) is 19.6 Å². The van der Waals surface area contributed by atoms with E-state index in [-0.39, 0.29) is 0 Å². The molecule has 0 aromatic carbocycles. The van der Waals surface area contributed by atoms with E-state index in [1.807, 2.05) is 0 Å².